The van der Waals surface area contributed by atoms with E-state index in [0.29, 0.717) is 6.04 Å². The van der Waals surface area contributed by atoms with Crippen LogP contribution in [-0.2, 0) is 0 Å². The van der Waals surface area contributed by atoms with Crippen molar-refractivity contribution < 1.29 is 4.79 Å². The maximum absolute atomic E-state index is 10.9. The number of primary amides is 1. The number of amides is 2. The van der Waals surface area contributed by atoms with Gasteiger partial charge in [0.15, 0.2) is 0 Å². The third-order valence-corrected chi connectivity index (χ3v) is 4.49. The van der Waals surface area contributed by atoms with Crippen molar-refractivity contribution in [3.63, 3.8) is 0 Å². The van der Waals surface area contributed by atoms with Crippen molar-refractivity contribution in [2.45, 2.75) is 38.3 Å². The molecule has 110 valence electrons. The number of nitrogens with one attached hydrogen (secondary N) is 1. The summed E-state index contributed by atoms with van der Waals surface area (Å²) >= 11 is 3.48. The van der Waals surface area contributed by atoms with Crippen molar-refractivity contribution in [2.75, 3.05) is 13.1 Å². The van der Waals surface area contributed by atoms with Crippen LogP contribution < -0.4 is 11.1 Å². The van der Waals surface area contributed by atoms with Crippen LogP contribution in [0.1, 0.15) is 37.8 Å². The van der Waals surface area contributed by atoms with E-state index in [0.717, 1.165) is 36.8 Å². The van der Waals surface area contributed by atoms with Crippen LogP contribution in [0.25, 0.3) is 0 Å². The van der Waals surface area contributed by atoms with Crippen LogP contribution in [0, 0.1) is 0 Å². The van der Waals surface area contributed by atoms with E-state index in [-0.39, 0.29) is 6.04 Å². The maximum atomic E-state index is 10.9. The predicted molar refractivity (Wildman–Crippen MR) is 84.5 cm³/mol. The molecule has 20 heavy (non-hydrogen) atoms. The lowest BCUT2D eigenvalue weighted by atomic mass is 9.98. The Morgan fingerprint density at radius 3 is 2.50 bits per heavy atom. The molecule has 0 saturated carbocycles. The molecule has 0 aromatic heterocycles. The molecule has 1 aromatic rings. The molecule has 0 bridgehead atoms. The summed E-state index contributed by atoms with van der Waals surface area (Å²) in [6.07, 6.45) is 3.03. The summed E-state index contributed by atoms with van der Waals surface area (Å²) < 4.78 is 1.11. The number of piperidine rings is 1. The molecule has 1 atom stereocenters. The Kier molecular flexibility index (Phi) is 5.43. The van der Waals surface area contributed by atoms with Crippen molar-refractivity contribution in [2.24, 2.45) is 5.73 Å². The molecule has 3 N–H and O–H groups in total. The number of nitrogens with zero attached hydrogens (tertiary/aromatic N) is 1. The topological polar surface area (TPSA) is 58.4 Å². The molecule has 1 fully saturated rings. The number of carbonyl (C=O) groups excluding carboxylic acids is 1. The predicted octanol–water partition coefficient (Wildman–Crippen LogP) is 3.03. The highest BCUT2D eigenvalue weighted by molar-refractivity contribution is 9.10. The van der Waals surface area contributed by atoms with Crippen LogP contribution in [0.15, 0.2) is 28.7 Å². The number of hydrogen-bond donors (Lipinski definition) is 2. The summed E-state index contributed by atoms with van der Waals surface area (Å²) in [5, 5.41) is 2.81. The number of benzene rings is 1. The first-order chi connectivity index (χ1) is 9.60. The third-order valence-electron chi connectivity index (χ3n) is 3.96. The zero-order valence-electron chi connectivity index (χ0n) is 11.8. The fourth-order valence-electron chi connectivity index (χ4n) is 2.95. The van der Waals surface area contributed by atoms with Gasteiger partial charge in [0.25, 0.3) is 0 Å². The molecule has 0 spiro atoms. The molecule has 1 heterocycles. The van der Waals surface area contributed by atoms with Crippen LogP contribution >= 0.6 is 15.9 Å². The molecule has 0 unspecified atom stereocenters. The Bertz CT molecular complexity index is 441. The normalized spacial score (nSPS) is 18.7. The summed E-state index contributed by atoms with van der Waals surface area (Å²) in [4.78, 5) is 13.4. The standard InChI is InChI=1S/C15H22BrN3O/c1-2-14(11-3-5-12(16)6-4-11)19-9-7-13(8-10-19)18-15(17)20/h3-6,13-14H,2,7-10H2,1H3,(H3,17,18,20)/t14-/m0/s1. The summed E-state index contributed by atoms with van der Waals surface area (Å²) in [6.45, 7) is 4.22. The largest absolute Gasteiger partial charge is 0.352 e. The van der Waals surface area contributed by atoms with Crippen LogP contribution in [-0.4, -0.2) is 30.1 Å². The molecule has 1 aromatic carbocycles. The highest BCUT2D eigenvalue weighted by Gasteiger charge is 2.25. The minimum Gasteiger partial charge on any atom is -0.352 e. The van der Waals surface area contributed by atoms with Gasteiger partial charge in [0.1, 0.15) is 0 Å². The van der Waals surface area contributed by atoms with Crippen LogP contribution in [0.2, 0.25) is 0 Å². The van der Waals surface area contributed by atoms with E-state index in [9.17, 15) is 4.79 Å². The molecule has 5 heteroatoms. The monoisotopic (exact) mass is 339 g/mol. The number of hydrogen-bond acceptors (Lipinski definition) is 2. The van der Waals surface area contributed by atoms with Crippen LogP contribution in [0.5, 0.6) is 0 Å². The Labute approximate surface area is 128 Å². The minimum atomic E-state index is -0.414. The minimum absolute atomic E-state index is 0.228. The van der Waals surface area contributed by atoms with E-state index in [1.165, 1.54) is 5.56 Å². The van der Waals surface area contributed by atoms with Gasteiger partial charge >= 0.3 is 6.03 Å². The van der Waals surface area contributed by atoms with Gasteiger partial charge < -0.3 is 11.1 Å². The number of nitrogens with two attached hydrogens (primary N) is 1. The van der Waals surface area contributed by atoms with Crippen molar-refractivity contribution in [3.05, 3.63) is 34.3 Å². The Hall–Kier alpha value is -1.07. The first-order valence-corrected chi connectivity index (χ1v) is 7.95. The number of likely N-dealkylation sites (tertiary alicyclic amines) is 1. The number of halogens is 1. The third kappa shape index (κ3) is 3.96. The van der Waals surface area contributed by atoms with Gasteiger partial charge in [-0.3, -0.25) is 4.90 Å². The lowest BCUT2D eigenvalue weighted by Gasteiger charge is -2.37. The summed E-state index contributed by atoms with van der Waals surface area (Å²) in [7, 11) is 0. The molecule has 1 aliphatic rings. The van der Waals surface area contributed by atoms with Gasteiger partial charge in [-0.1, -0.05) is 35.0 Å². The van der Waals surface area contributed by atoms with Gasteiger partial charge in [-0.05, 0) is 37.0 Å². The van der Waals surface area contributed by atoms with E-state index >= 15 is 0 Å². The van der Waals surface area contributed by atoms with Crippen molar-refractivity contribution >= 4 is 22.0 Å². The molecule has 2 amide bonds. The number of carbonyl (C=O) groups is 1. The average molecular weight is 340 g/mol. The van der Waals surface area contributed by atoms with E-state index in [1.54, 1.807) is 0 Å². The summed E-state index contributed by atoms with van der Waals surface area (Å²) in [5.41, 5.74) is 6.54. The Morgan fingerprint density at radius 1 is 1.40 bits per heavy atom. The second-order valence-corrected chi connectivity index (χ2v) is 6.21. The van der Waals surface area contributed by atoms with Gasteiger partial charge in [0.2, 0.25) is 0 Å². The van der Waals surface area contributed by atoms with E-state index in [1.807, 2.05) is 0 Å². The van der Waals surface area contributed by atoms with E-state index in [2.05, 4.69) is 57.3 Å². The Morgan fingerprint density at radius 2 is 2.00 bits per heavy atom. The molecule has 4 nitrogen and oxygen atoms in total. The molecule has 1 saturated heterocycles. The fraction of sp³-hybridized carbons (Fsp3) is 0.533. The quantitative estimate of drug-likeness (QED) is 0.885. The first-order valence-electron chi connectivity index (χ1n) is 7.15. The molecule has 2 rings (SSSR count). The second-order valence-electron chi connectivity index (χ2n) is 5.29. The molecular formula is C15H22BrN3O. The lowest BCUT2D eigenvalue weighted by Crippen LogP contribution is -2.47. The average Bonchev–Trinajstić information content (AvgIpc) is 2.43. The Balaban J connectivity index is 1.96. The lowest BCUT2D eigenvalue weighted by molar-refractivity contribution is 0.141. The van der Waals surface area contributed by atoms with E-state index in [4.69, 9.17) is 5.73 Å². The summed E-state index contributed by atoms with van der Waals surface area (Å²) in [6, 6.07) is 8.84. The fourth-order valence-corrected chi connectivity index (χ4v) is 3.21. The zero-order valence-corrected chi connectivity index (χ0v) is 13.4. The molecular weight excluding hydrogens is 318 g/mol. The highest BCUT2D eigenvalue weighted by Crippen LogP contribution is 2.28. The van der Waals surface area contributed by atoms with Crippen molar-refractivity contribution in [3.8, 4) is 0 Å². The number of urea groups is 1. The van der Waals surface area contributed by atoms with Crippen LogP contribution in [0.4, 0.5) is 4.79 Å². The SMILES string of the molecule is CC[C@@H](c1ccc(Br)cc1)N1CCC(NC(N)=O)CC1. The van der Waals surface area contributed by atoms with Gasteiger partial charge in [0, 0.05) is 29.6 Å². The summed E-state index contributed by atoms with van der Waals surface area (Å²) in [5.74, 6) is 0. The van der Waals surface area contributed by atoms with Crippen molar-refractivity contribution in [1.82, 2.24) is 10.2 Å². The van der Waals surface area contributed by atoms with Gasteiger partial charge in [-0.15, -0.1) is 0 Å². The van der Waals surface area contributed by atoms with Gasteiger partial charge in [-0.2, -0.15) is 0 Å². The van der Waals surface area contributed by atoms with Crippen molar-refractivity contribution in [1.29, 1.82) is 0 Å². The van der Waals surface area contributed by atoms with E-state index < -0.39 is 6.03 Å². The first kappa shape index (κ1) is 15.3. The molecule has 0 aliphatic carbocycles. The highest BCUT2D eigenvalue weighted by atomic mass is 79.9. The second kappa shape index (κ2) is 7.09. The zero-order chi connectivity index (χ0) is 14.5. The molecule has 0 radical (unpaired) electrons. The number of rotatable bonds is 4. The van der Waals surface area contributed by atoms with Gasteiger partial charge in [0.05, 0.1) is 0 Å². The van der Waals surface area contributed by atoms with Crippen LogP contribution in [0.3, 0.4) is 0 Å². The maximum Gasteiger partial charge on any atom is 0.312 e. The van der Waals surface area contributed by atoms with Gasteiger partial charge in [-0.25, -0.2) is 4.79 Å². The molecule has 1 aliphatic heterocycles. The smallest absolute Gasteiger partial charge is 0.312 e.